The van der Waals surface area contributed by atoms with Crippen LogP contribution < -0.4 is 5.32 Å². The Morgan fingerprint density at radius 1 is 1.56 bits per heavy atom. The molecular weight excluding hydrogens is 293 g/mol. The summed E-state index contributed by atoms with van der Waals surface area (Å²) in [5.74, 6) is 0.139. The van der Waals surface area contributed by atoms with Crippen molar-refractivity contribution in [2.45, 2.75) is 25.8 Å². The van der Waals surface area contributed by atoms with Gasteiger partial charge in [-0.1, -0.05) is 0 Å². The third kappa shape index (κ3) is 3.82. The van der Waals surface area contributed by atoms with E-state index in [0.29, 0.717) is 6.04 Å². The number of amides is 1. The maximum atomic E-state index is 12.2. The molecule has 1 aromatic rings. The molecule has 1 unspecified atom stereocenters. The summed E-state index contributed by atoms with van der Waals surface area (Å²) in [5.41, 5.74) is 2.59. The maximum Gasteiger partial charge on any atom is 0.265 e. The molecule has 0 aliphatic carbocycles. The number of likely N-dealkylation sites (N-methyl/N-ethyl adjacent to an activating group) is 1. The van der Waals surface area contributed by atoms with Crippen molar-refractivity contribution in [1.29, 1.82) is 0 Å². The Labute approximate surface area is 124 Å². The molecule has 18 heavy (non-hydrogen) atoms. The first-order chi connectivity index (χ1) is 7.72. The molecule has 1 fully saturated rings. The van der Waals surface area contributed by atoms with Crippen LogP contribution in [0, 0.1) is 6.92 Å². The van der Waals surface area contributed by atoms with Crippen molar-refractivity contribution in [2.75, 3.05) is 20.1 Å². The molecular formula is C11H19Cl2N3OS. The molecule has 0 saturated carbocycles. The van der Waals surface area contributed by atoms with E-state index in [-0.39, 0.29) is 30.7 Å². The fraction of sp³-hybridized carbons (Fsp3) is 0.636. The molecule has 0 bridgehead atoms. The summed E-state index contributed by atoms with van der Waals surface area (Å²) in [6, 6.07) is 0.436. The molecule has 1 saturated heterocycles. The van der Waals surface area contributed by atoms with Gasteiger partial charge in [0, 0.05) is 19.1 Å². The van der Waals surface area contributed by atoms with E-state index in [4.69, 9.17) is 0 Å². The van der Waals surface area contributed by atoms with Crippen molar-refractivity contribution >= 4 is 42.1 Å². The van der Waals surface area contributed by atoms with Crippen LogP contribution >= 0.6 is 36.2 Å². The zero-order valence-electron chi connectivity index (χ0n) is 10.5. The quantitative estimate of drug-likeness (QED) is 0.910. The van der Waals surface area contributed by atoms with E-state index in [1.54, 1.807) is 5.51 Å². The molecule has 104 valence electrons. The third-order valence-electron chi connectivity index (χ3n) is 3.06. The van der Waals surface area contributed by atoms with Gasteiger partial charge < -0.3 is 10.2 Å². The minimum absolute atomic E-state index is 0. The van der Waals surface area contributed by atoms with Gasteiger partial charge in [-0.05, 0) is 26.8 Å². The molecule has 1 amide bonds. The van der Waals surface area contributed by atoms with Crippen LogP contribution in [0.5, 0.6) is 0 Å². The highest BCUT2D eigenvalue weighted by Crippen LogP contribution is 2.18. The number of thiazole rings is 1. The number of carbonyl (C=O) groups is 1. The molecule has 4 nitrogen and oxygen atoms in total. The molecule has 0 radical (unpaired) electrons. The lowest BCUT2D eigenvalue weighted by molar-refractivity contribution is 0.0702. The van der Waals surface area contributed by atoms with Crippen LogP contribution in [0.3, 0.4) is 0 Å². The van der Waals surface area contributed by atoms with Crippen molar-refractivity contribution < 1.29 is 4.79 Å². The maximum absolute atomic E-state index is 12.2. The highest BCUT2D eigenvalue weighted by molar-refractivity contribution is 7.11. The fourth-order valence-electron chi connectivity index (χ4n) is 2.05. The topological polar surface area (TPSA) is 45.2 Å². The van der Waals surface area contributed by atoms with Crippen LogP contribution in [0.25, 0.3) is 0 Å². The molecule has 1 N–H and O–H groups in total. The number of piperidine rings is 1. The second-order valence-corrected chi connectivity index (χ2v) is 5.00. The number of hydrogen-bond acceptors (Lipinski definition) is 4. The molecule has 1 aromatic heterocycles. The Balaban J connectivity index is 0.00000144. The zero-order chi connectivity index (χ0) is 11.5. The highest BCUT2D eigenvalue weighted by atomic mass is 35.5. The average Bonchev–Trinajstić information content (AvgIpc) is 2.74. The number of nitrogens with one attached hydrogen (secondary N) is 1. The van der Waals surface area contributed by atoms with Crippen molar-refractivity contribution in [3.05, 3.63) is 16.1 Å². The minimum Gasteiger partial charge on any atom is -0.336 e. The van der Waals surface area contributed by atoms with Crippen molar-refractivity contribution in [1.82, 2.24) is 15.2 Å². The predicted octanol–water partition coefficient (Wildman–Crippen LogP) is 2.12. The van der Waals surface area contributed by atoms with Gasteiger partial charge in [0.1, 0.15) is 4.88 Å². The van der Waals surface area contributed by atoms with Gasteiger partial charge in [0.05, 0.1) is 11.2 Å². The third-order valence-corrected chi connectivity index (χ3v) is 3.97. The Kier molecular flexibility index (Phi) is 7.78. The van der Waals surface area contributed by atoms with E-state index in [1.165, 1.54) is 11.3 Å². The predicted molar refractivity (Wildman–Crippen MR) is 79.3 cm³/mol. The number of aromatic nitrogens is 1. The first kappa shape index (κ1) is 17.6. The summed E-state index contributed by atoms with van der Waals surface area (Å²) in [5, 5.41) is 3.24. The summed E-state index contributed by atoms with van der Waals surface area (Å²) in [6.07, 6.45) is 2.23. The number of aryl methyl sites for hydroxylation is 1. The van der Waals surface area contributed by atoms with Crippen molar-refractivity contribution in [3.63, 3.8) is 0 Å². The normalized spacial score (nSPS) is 18.8. The van der Waals surface area contributed by atoms with Gasteiger partial charge in [-0.3, -0.25) is 4.79 Å². The molecule has 2 heterocycles. The monoisotopic (exact) mass is 311 g/mol. The Hall–Kier alpha value is -0.360. The highest BCUT2D eigenvalue weighted by Gasteiger charge is 2.25. The number of likely N-dealkylation sites (tertiary alicyclic amines) is 1. The lowest BCUT2D eigenvalue weighted by Crippen LogP contribution is -2.46. The summed E-state index contributed by atoms with van der Waals surface area (Å²) in [4.78, 5) is 19.1. The van der Waals surface area contributed by atoms with Crippen LogP contribution in [0.4, 0.5) is 0 Å². The fourth-order valence-corrected chi connectivity index (χ4v) is 2.82. The molecule has 1 aliphatic heterocycles. The second kappa shape index (κ2) is 7.94. The number of nitrogens with zero attached hydrogens (tertiary/aromatic N) is 2. The number of rotatable bonds is 2. The van der Waals surface area contributed by atoms with E-state index in [2.05, 4.69) is 10.3 Å². The van der Waals surface area contributed by atoms with Gasteiger partial charge in [0.15, 0.2) is 0 Å². The van der Waals surface area contributed by atoms with E-state index in [0.717, 1.165) is 36.5 Å². The largest absolute Gasteiger partial charge is 0.336 e. The molecule has 7 heteroatoms. The van der Waals surface area contributed by atoms with Gasteiger partial charge in [-0.2, -0.15) is 0 Å². The number of carbonyl (C=O) groups excluding carboxylic acids is 1. The van der Waals surface area contributed by atoms with E-state index >= 15 is 0 Å². The minimum atomic E-state index is 0. The van der Waals surface area contributed by atoms with E-state index < -0.39 is 0 Å². The van der Waals surface area contributed by atoms with Gasteiger partial charge >= 0.3 is 0 Å². The Morgan fingerprint density at radius 2 is 2.28 bits per heavy atom. The summed E-state index contributed by atoms with van der Waals surface area (Å²) >= 11 is 1.44. The van der Waals surface area contributed by atoms with Gasteiger partial charge in [0.2, 0.25) is 0 Å². The van der Waals surface area contributed by atoms with E-state index in [9.17, 15) is 4.79 Å². The number of hydrogen-bond donors (Lipinski definition) is 1. The summed E-state index contributed by atoms with van der Waals surface area (Å²) in [6.45, 7) is 3.57. The van der Waals surface area contributed by atoms with Crippen LogP contribution in [0.1, 0.15) is 28.2 Å². The second-order valence-electron chi connectivity index (χ2n) is 4.15. The lowest BCUT2D eigenvalue weighted by Gasteiger charge is -2.32. The standard InChI is InChI=1S/C11H17N3OS.2ClH/c1-8-10(16-7-13-8)11(15)14-5-3-4-9(6-14)12-2;;/h7,9,12H,3-6H2,1-2H3;2*1H. The zero-order valence-corrected chi connectivity index (χ0v) is 13.0. The molecule has 1 atom stereocenters. The Bertz CT molecular complexity index is 386. The van der Waals surface area contributed by atoms with Crippen LogP contribution in [0.2, 0.25) is 0 Å². The van der Waals surface area contributed by atoms with Crippen molar-refractivity contribution in [3.8, 4) is 0 Å². The smallest absolute Gasteiger partial charge is 0.265 e. The van der Waals surface area contributed by atoms with Gasteiger partial charge in [-0.25, -0.2) is 4.98 Å². The van der Waals surface area contributed by atoms with E-state index in [1.807, 2.05) is 18.9 Å². The summed E-state index contributed by atoms with van der Waals surface area (Å²) in [7, 11) is 1.95. The Morgan fingerprint density at radius 3 is 2.83 bits per heavy atom. The van der Waals surface area contributed by atoms with Gasteiger partial charge in [-0.15, -0.1) is 36.2 Å². The first-order valence-corrected chi connectivity index (χ1v) is 6.47. The molecule has 0 aromatic carbocycles. The van der Waals surface area contributed by atoms with Gasteiger partial charge in [0.25, 0.3) is 5.91 Å². The van der Waals surface area contributed by atoms with Crippen LogP contribution in [-0.4, -0.2) is 42.0 Å². The molecule has 0 spiro atoms. The average molecular weight is 312 g/mol. The molecule has 1 aliphatic rings. The SMILES string of the molecule is CNC1CCCN(C(=O)c2scnc2C)C1.Cl.Cl. The first-order valence-electron chi connectivity index (χ1n) is 5.59. The van der Waals surface area contributed by atoms with Crippen molar-refractivity contribution in [2.24, 2.45) is 0 Å². The molecule has 2 rings (SSSR count). The summed E-state index contributed by atoms with van der Waals surface area (Å²) < 4.78 is 0. The van der Waals surface area contributed by atoms with Crippen LogP contribution in [0.15, 0.2) is 5.51 Å². The van der Waals surface area contributed by atoms with Crippen LogP contribution in [-0.2, 0) is 0 Å². The number of halogens is 2. The lowest BCUT2D eigenvalue weighted by atomic mass is 10.1.